The molecule has 0 unspecified atom stereocenters. The first-order valence-corrected chi connectivity index (χ1v) is 7.00. The van der Waals surface area contributed by atoms with Gasteiger partial charge in [-0.3, -0.25) is 9.78 Å². The summed E-state index contributed by atoms with van der Waals surface area (Å²) in [6, 6.07) is 4.80. The predicted molar refractivity (Wildman–Crippen MR) is 83.6 cm³/mol. The summed E-state index contributed by atoms with van der Waals surface area (Å²) in [4.78, 5) is 21.4. The van der Waals surface area contributed by atoms with Gasteiger partial charge >= 0.3 is 6.18 Å². The molecule has 0 fully saturated rings. The zero-order valence-corrected chi connectivity index (χ0v) is 13.3. The molecule has 0 amide bonds. The molecule has 10 heteroatoms. The lowest BCUT2D eigenvalue weighted by Crippen LogP contribution is -2.23. The van der Waals surface area contributed by atoms with E-state index in [0.717, 1.165) is 6.07 Å². The molecular weight excluding hydrogens is 379 g/mol. The fraction of sp³-hybridized carbons (Fsp3) is 0.154. The van der Waals surface area contributed by atoms with Crippen LogP contribution in [0.3, 0.4) is 0 Å². The van der Waals surface area contributed by atoms with Crippen molar-refractivity contribution in [1.82, 2.24) is 9.97 Å². The Labute approximate surface area is 136 Å². The number of aryl methyl sites for hydroxylation is 1. The monoisotopic (exact) mass is 389 g/mol. The van der Waals surface area contributed by atoms with Gasteiger partial charge in [0.05, 0.1) is 5.56 Å². The Bertz CT molecular complexity index is 816. The van der Waals surface area contributed by atoms with E-state index in [1.165, 1.54) is 18.2 Å². The molecule has 0 aliphatic carbocycles. The number of benzene rings is 1. The van der Waals surface area contributed by atoms with Gasteiger partial charge < -0.3 is 11.1 Å². The van der Waals surface area contributed by atoms with E-state index in [1.807, 2.05) is 0 Å². The lowest BCUT2D eigenvalue weighted by atomic mass is 10.2. The molecule has 0 saturated carbocycles. The lowest BCUT2D eigenvalue weighted by molar-refractivity contribution is -0.138. The summed E-state index contributed by atoms with van der Waals surface area (Å²) in [5.74, 6) is -0.262. The highest BCUT2D eigenvalue weighted by atomic mass is 79.9. The number of guanidine groups is 1. The number of hydrogen-bond donors (Lipinski definition) is 3. The molecule has 1 heterocycles. The Balaban J connectivity index is 2.28. The Morgan fingerprint density at radius 2 is 2.09 bits per heavy atom. The summed E-state index contributed by atoms with van der Waals surface area (Å²) in [7, 11) is 0. The number of hydrogen-bond acceptors (Lipinski definition) is 3. The molecule has 2 aromatic rings. The number of alkyl halides is 3. The zero-order valence-electron chi connectivity index (χ0n) is 11.7. The van der Waals surface area contributed by atoms with Crippen LogP contribution in [-0.4, -0.2) is 15.9 Å². The van der Waals surface area contributed by atoms with Gasteiger partial charge in [0, 0.05) is 21.9 Å². The highest BCUT2D eigenvalue weighted by Gasteiger charge is 2.33. The summed E-state index contributed by atoms with van der Waals surface area (Å²) in [6.07, 6.45) is -4.51. The molecule has 4 N–H and O–H groups in total. The predicted octanol–water partition coefficient (Wildman–Crippen LogP) is 2.92. The van der Waals surface area contributed by atoms with Crippen molar-refractivity contribution in [2.45, 2.75) is 13.1 Å². The van der Waals surface area contributed by atoms with E-state index < -0.39 is 17.3 Å². The van der Waals surface area contributed by atoms with Crippen LogP contribution >= 0.6 is 15.9 Å². The summed E-state index contributed by atoms with van der Waals surface area (Å²) in [5, 5.41) is 2.51. The summed E-state index contributed by atoms with van der Waals surface area (Å²) in [5.41, 5.74) is 4.89. The van der Waals surface area contributed by atoms with Crippen molar-refractivity contribution in [1.29, 1.82) is 0 Å². The van der Waals surface area contributed by atoms with Crippen LogP contribution in [0.15, 0.2) is 38.5 Å². The average molecular weight is 390 g/mol. The SMILES string of the molecule is Cc1cc(=O)[nH]c(/N=C(\N)Nc2ccc(Br)c(C(F)(F)F)c2)n1. The Morgan fingerprint density at radius 3 is 2.70 bits per heavy atom. The van der Waals surface area contributed by atoms with Crippen molar-refractivity contribution in [3.05, 3.63) is 50.3 Å². The van der Waals surface area contributed by atoms with Gasteiger partial charge in [0.25, 0.3) is 5.56 Å². The number of nitrogens with two attached hydrogens (primary N) is 1. The van der Waals surface area contributed by atoms with Gasteiger partial charge in [-0.05, 0) is 25.1 Å². The van der Waals surface area contributed by atoms with Crippen molar-refractivity contribution in [2.75, 3.05) is 5.32 Å². The number of anilines is 1. The van der Waals surface area contributed by atoms with Crippen molar-refractivity contribution in [3.63, 3.8) is 0 Å². The van der Waals surface area contributed by atoms with Gasteiger partial charge in [0.1, 0.15) is 0 Å². The number of nitrogens with zero attached hydrogens (tertiary/aromatic N) is 2. The van der Waals surface area contributed by atoms with Crippen LogP contribution in [0.1, 0.15) is 11.3 Å². The molecule has 1 aromatic heterocycles. The minimum absolute atomic E-state index is 0.0480. The first-order chi connectivity index (χ1) is 10.6. The highest BCUT2D eigenvalue weighted by Crippen LogP contribution is 2.36. The van der Waals surface area contributed by atoms with Crippen LogP contribution in [0.2, 0.25) is 0 Å². The molecule has 2 rings (SSSR count). The van der Waals surface area contributed by atoms with Gasteiger partial charge in [-0.25, -0.2) is 4.98 Å². The van der Waals surface area contributed by atoms with Crippen molar-refractivity contribution in [2.24, 2.45) is 10.7 Å². The molecule has 0 atom stereocenters. The van der Waals surface area contributed by atoms with Crippen LogP contribution in [0.5, 0.6) is 0 Å². The molecular formula is C13H11BrF3N5O. The number of nitrogens with one attached hydrogen (secondary N) is 2. The molecule has 6 nitrogen and oxygen atoms in total. The molecule has 0 spiro atoms. The van der Waals surface area contributed by atoms with E-state index in [0.29, 0.717) is 5.69 Å². The maximum Gasteiger partial charge on any atom is 0.417 e. The molecule has 0 bridgehead atoms. The second-order valence-corrected chi connectivity index (χ2v) is 5.38. The number of aliphatic imine (C=N–C) groups is 1. The van der Waals surface area contributed by atoms with Crippen LogP contribution in [0.25, 0.3) is 0 Å². The molecule has 0 aliphatic rings. The van der Waals surface area contributed by atoms with Crippen LogP contribution in [-0.2, 0) is 6.18 Å². The summed E-state index contributed by atoms with van der Waals surface area (Å²) >= 11 is 2.84. The average Bonchev–Trinajstić information content (AvgIpc) is 2.38. The number of rotatable bonds is 2. The van der Waals surface area contributed by atoms with E-state index in [9.17, 15) is 18.0 Å². The molecule has 23 heavy (non-hydrogen) atoms. The lowest BCUT2D eigenvalue weighted by Gasteiger charge is -2.12. The van der Waals surface area contributed by atoms with Gasteiger partial charge in [-0.2, -0.15) is 18.2 Å². The maximum atomic E-state index is 12.8. The van der Waals surface area contributed by atoms with E-state index in [2.05, 4.69) is 36.2 Å². The van der Waals surface area contributed by atoms with E-state index >= 15 is 0 Å². The van der Waals surface area contributed by atoms with Crippen LogP contribution in [0, 0.1) is 6.92 Å². The van der Waals surface area contributed by atoms with Crippen LogP contribution in [0.4, 0.5) is 24.8 Å². The summed E-state index contributed by atoms with van der Waals surface area (Å²) < 4.78 is 38.4. The van der Waals surface area contributed by atoms with Crippen molar-refractivity contribution in [3.8, 4) is 0 Å². The topological polar surface area (TPSA) is 96.2 Å². The van der Waals surface area contributed by atoms with E-state index in [-0.39, 0.29) is 22.1 Å². The molecule has 0 saturated heterocycles. The Morgan fingerprint density at radius 1 is 1.39 bits per heavy atom. The molecule has 0 radical (unpaired) electrons. The maximum absolute atomic E-state index is 12.8. The first-order valence-electron chi connectivity index (χ1n) is 6.21. The van der Waals surface area contributed by atoms with Gasteiger partial charge in [0.15, 0.2) is 0 Å². The first kappa shape index (κ1) is 17.0. The quantitative estimate of drug-likeness (QED) is 0.543. The standard InChI is InChI=1S/C13H11BrF3N5O/c1-6-4-10(23)21-12(19-6)22-11(18)20-7-2-3-9(14)8(5-7)13(15,16)17/h2-5H,1H3,(H4,18,19,20,21,22,23). The third-order valence-electron chi connectivity index (χ3n) is 2.63. The Hall–Kier alpha value is -2.36. The smallest absolute Gasteiger partial charge is 0.369 e. The molecule has 122 valence electrons. The minimum atomic E-state index is -4.51. The fourth-order valence-corrected chi connectivity index (χ4v) is 2.20. The second-order valence-electron chi connectivity index (χ2n) is 4.52. The minimum Gasteiger partial charge on any atom is -0.369 e. The Kier molecular flexibility index (Phi) is 4.73. The van der Waals surface area contributed by atoms with E-state index in [1.54, 1.807) is 6.92 Å². The summed E-state index contributed by atoms with van der Waals surface area (Å²) in [6.45, 7) is 1.60. The van der Waals surface area contributed by atoms with Gasteiger partial charge in [0.2, 0.25) is 11.9 Å². The van der Waals surface area contributed by atoms with Crippen molar-refractivity contribution >= 4 is 33.5 Å². The van der Waals surface area contributed by atoms with Gasteiger partial charge in [-0.15, -0.1) is 0 Å². The third kappa shape index (κ3) is 4.55. The number of H-pyrrole nitrogens is 1. The fourth-order valence-electron chi connectivity index (χ4n) is 1.73. The number of aromatic nitrogens is 2. The molecule has 0 aliphatic heterocycles. The number of aromatic amines is 1. The van der Waals surface area contributed by atoms with Crippen molar-refractivity contribution < 1.29 is 13.2 Å². The highest BCUT2D eigenvalue weighted by molar-refractivity contribution is 9.10. The number of halogens is 4. The normalized spacial score (nSPS) is 12.3. The second kappa shape index (κ2) is 6.41. The van der Waals surface area contributed by atoms with Crippen LogP contribution < -0.4 is 16.6 Å². The van der Waals surface area contributed by atoms with E-state index in [4.69, 9.17) is 5.73 Å². The largest absolute Gasteiger partial charge is 0.417 e. The zero-order chi connectivity index (χ0) is 17.2. The third-order valence-corrected chi connectivity index (χ3v) is 3.32. The molecule has 1 aromatic carbocycles. The van der Waals surface area contributed by atoms with Gasteiger partial charge in [-0.1, -0.05) is 15.9 Å².